The van der Waals surface area contributed by atoms with Gasteiger partial charge in [-0.25, -0.2) is 0 Å². The molecule has 0 unspecified atom stereocenters. The minimum absolute atomic E-state index is 0.136. The monoisotopic (exact) mass is 291 g/mol. The molecule has 0 amide bonds. The molecule has 2 aromatic rings. The molecule has 0 aliphatic rings. The summed E-state index contributed by atoms with van der Waals surface area (Å²) in [5, 5.41) is 23.3. The maximum absolute atomic E-state index is 9.57. The average Bonchev–Trinajstić information content (AvgIpc) is 2.93. The molecule has 0 radical (unpaired) electrons. The summed E-state index contributed by atoms with van der Waals surface area (Å²) in [5.74, 6) is 0.287. The Bertz CT molecular complexity index is 509. The van der Waals surface area contributed by atoms with E-state index in [0.29, 0.717) is 0 Å². The van der Waals surface area contributed by atoms with Crippen LogP contribution in [0.5, 0.6) is 5.75 Å². The minimum atomic E-state index is 0.136. The van der Waals surface area contributed by atoms with Crippen molar-refractivity contribution in [2.75, 3.05) is 6.61 Å². The lowest BCUT2D eigenvalue weighted by Gasteiger charge is -2.29. The molecule has 1 aromatic heterocycles. The first-order valence-electron chi connectivity index (χ1n) is 6.86. The molecule has 0 spiro atoms. The predicted octanol–water partition coefficient (Wildman–Crippen LogP) is 3.23. The van der Waals surface area contributed by atoms with Gasteiger partial charge in [0.25, 0.3) is 0 Å². The predicted molar refractivity (Wildman–Crippen MR) is 82.8 cm³/mol. The van der Waals surface area contributed by atoms with Gasteiger partial charge in [-0.3, -0.25) is 4.90 Å². The molecule has 2 N–H and O–H groups in total. The molecule has 0 saturated heterocycles. The SMILES string of the molecule is CC[C@H](CO)N(Cc1ccsc1)Cc1cccc(O)c1. The molecule has 108 valence electrons. The number of aromatic hydroxyl groups is 1. The molecule has 1 heterocycles. The molecular weight excluding hydrogens is 270 g/mol. The number of benzene rings is 1. The van der Waals surface area contributed by atoms with Gasteiger partial charge in [0.15, 0.2) is 0 Å². The number of thiophene rings is 1. The number of rotatable bonds is 7. The average molecular weight is 291 g/mol. The van der Waals surface area contributed by atoms with Crippen LogP contribution in [-0.4, -0.2) is 27.8 Å². The van der Waals surface area contributed by atoms with Crippen LogP contribution in [0.1, 0.15) is 24.5 Å². The summed E-state index contributed by atoms with van der Waals surface area (Å²) in [7, 11) is 0. The van der Waals surface area contributed by atoms with Crippen LogP contribution in [0.3, 0.4) is 0 Å². The van der Waals surface area contributed by atoms with Crippen molar-refractivity contribution < 1.29 is 10.2 Å². The Kier molecular flexibility index (Phi) is 5.59. The molecule has 1 atom stereocenters. The Balaban J connectivity index is 2.13. The molecule has 0 bridgehead atoms. The van der Waals surface area contributed by atoms with Crippen molar-refractivity contribution in [2.24, 2.45) is 0 Å². The van der Waals surface area contributed by atoms with E-state index in [1.165, 1.54) is 5.56 Å². The van der Waals surface area contributed by atoms with E-state index in [-0.39, 0.29) is 18.4 Å². The first-order valence-corrected chi connectivity index (χ1v) is 7.81. The molecule has 2 rings (SSSR count). The van der Waals surface area contributed by atoms with Gasteiger partial charge in [0.2, 0.25) is 0 Å². The number of hydrogen-bond donors (Lipinski definition) is 2. The fourth-order valence-electron chi connectivity index (χ4n) is 2.32. The lowest BCUT2D eigenvalue weighted by Crippen LogP contribution is -2.36. The van der Waals surface area contributed by atoms with Crippen LogP contribution in [-0.2, 0) is 13.1 Å². The first kappa shape index (κ1) is 15.0. The van der Waals surface area contributed by atoms with Crippen LogP contribution in [0.2, 0.25) is 0 Å². The molecule has 0 aliphatic heterocycles. The Morgan fingerprint density at radius 3 is 2.60 bits per heavy atom. The Hall–Kier alpha value is -1.36. The van der Waals surface area contributed by atoms with Crippen molar-refractivity contribution in [3.63, 3.8) is 0 Å². The van der Waals surface area contributed by atoms with Gasteiger partial charge in [0.05, 0.1) is 6.61 Å². The van der Waals surface area contributed by atoms with Crippen molar-refractivity contribution in [1.29, 1.82) is 0 Å². The fraction of sp³-hybridized carbons (Fsp3) is 0.375. The smallest absolute Gasteiger partial charge is 0.115 e. The number of hydrogen-bond acceptors (Lipinski definition) is 4. The number of nitrogens with zero attached hydrogens (tertiary/aromatic N) is 1. The largest absolute Gasteiger partial charge is 0.508 e. The Morgan fingerprint density at radius 1 is 1.20 bits per heavy atom. The minimum Gasteiger partial charge on any atom is -0.508 e. The summed E-state index contributed by atoms with van der Waals surface area (Å²) in [4.78, 5) is 2.26. The van der Waals surface area contributed by atoms with Gasteiger partial charge in [-0.2, -0.15) is 11.3 Å². The quantitative estimate of drug-likeness (QED) is 0.823. The van der Waals surface area contributed by atoms with Crippen LogP contribution < -0.4 is 0 Å². The van der Waals surface area contributed by atoms with Crippen molar-refractivity contribution >= 4 is 11.3 Å². The van der Waals surface area contributed by atoms with E-state index in [9.17, 15) is 10.2 Å². The first-order chi connectivity index (χ1) is 9.72. The maximum atomic E-state index is 9.57. The van der Waals surface area contributed by atoms with Gasteiger partial charge in [0, 0.05) is 19.1 Å². The van der Waals surface area contributed by atoms with E-state index in [4.69, 9.17) is 0 Å². The summed E-state index contributed by atoms with van der Waals surface area (Å²) in [6.45, 7) is 3.78. The highest BCUT2D eigenvalue weighted by Gasteiger charge is 2.17. The second kappa shape index (κ2) is 7.43. The highest BCUT2D eigenvalue weighted by atomic mass is 32.1. The Labute approximate surface area is 124 Å². The van der Waals surface area contributed by atoms with E-state index in [1.807, 2.05) is 12.1 Å². The lowest BCUT2D eigenvalue weighted by atomic mass is 10.1. The molecule has 20 heavy (non-hydrogen) atoms. The van der Waals surface area contributed by atoms with E-state index in [1.54, 1.807) is 23.5 Å². The third kappa shape index (κ3) is 4.07. The highest BCUT2D eigenvalue weighted by Crippen LogP contribution is 2.19. The molecular formula is C16H21NO2S. The number of phenolic OH excluding ortho intramolecular Hbond substituents is 1. The molecule has 0 fully saturated rings. The van der Waals surface area contributed by atoms with Gasteiger partial charge in [0.1, 0.15) is 5.75 Å². The molecule has 0 saturated carbocycles. The zero-order valence-electron chi connectivity index (χ0n) is 11.7. The standard InChI is InChI=1S/C16H21NO2S/c1-2-15(11-18)17(10-14-6-7-20-12-14)9-13-4-3-5-16(19)8-13/h3-8,12,15,18-19H,2,9-11H2,1H3/t15-/m1/s1. The van der Waals surface area contributed by atoms with Crippen LogP contribution >= 0.6 is 11.3 Å². The van der Waals surface area contributed by atoms with Crippen molar-refractivity contribution in [3.05, 3.63) is 52.2 Å². The second-order valence-corrected chi connectivity index (χ2v) is 5.73. The molecule has 4 heteroatoms. The van der Waals surface area contributed by atoms with Crippen LogP contribution in [0.15, 0.2) is 41.1 Å². The lowest BCUT2D eigenvalue weighted by molar-refractivity contribution is 0.107. The summed E-state index contributed by atoms with van der Waals surface area (Å²) >= 11 is 1.69. The fourth-order valence-corrected chi connectivity index (χ4v) is 2.98. The van der Waals surface area contributed by atoms with Crippen LogP contribution in [0, 0.1) is 0 Å². The van der Waals surface area contributed by atoms with Gasteiger partial charge < -0.3 is 10.2 Å². The number of phenols is 1. The summed E-state index contributed by atoms with van der Waals surface area (Å²) in [6.07, 6.45) is 0.902. The highest BCUT2D eigenvalue weighted by molar-refractivity contribution is 7.07. The van der Waals surface area contributed by atoms with Crippen molar-refractivity contribution in [3.8, 4) is 5.75 Å². The molecule has 3 nitrogen and oxygen atoms in total. The zero-order chi connectivity index (χ0) is 14.4. The van der Waals surface area contributed by atoms with E-state index in [0.717, 1.165) is 25.1 Å². The second-order valence-electron chi connectivity index (χ2n) is 4.95. The van der Waals surface area contributed by atoms with Gasteiger partial charge in [-0.05, 0) is 46.5 Å². The van der Waals surface area contributed by atoms with Crippen molar-refractivity contribution in [1.82, 2.24) is 4.90 Å². The normalized spacial score (nSPS) is 12.8. The van der Waals surface area contributed by atoms with Gasteiger partial charge >= 0.3 is 0 Å². The number of aliphatic hydroxyl groups is 1. The summed E-state index contributed by atoms with van der Waals surface area (Å²) < 4.78 is 0. The van der Waals surface area contributed by atoms with Crippen molar-refractivity contribution in [2.45, 2.75) is 32.5 Å². The topological polar surface area (TPSA) is 43.7 Å². The Morgan fingerprint density at radius 2 is 2.00 bits per heavy atom. The van der Waals surface area contributed by atoms with Crippen LogP contribution in [0.4, 0.5) is 0 Å². The van der Waals surface area contributed by atoms with Gasteiger partial charge in [-0.1, -0.05) is 19.1 Å². The third-order valence-electron chi connectivity index (χ3n) is 3.46. The number of aliphatic hydroxyl groups excluding tert-OH is 1. The molecule has 1 aromatic carbocycles. The van der Waals surface area contributed by atoms with Gasteiger partial charge in [-0.15, -0.1) is 0 Å². The van der Waals surface area contributed by atoms with E-state index >= 15 is 0 Å². The third-order valence-corrected chi connectivity index (χ3v) is 4.19. The van der Waals surface area contributed by atoms with E-state index in [2.05, 4.69) is 28.7 Å². The molecule has 0 aliphatic carbocycles. The van der Waals surface area contributed by atoms with Crippen LogP contribution in [0.25, 0.3) is 0 Å². The summed E-state index contributed by atoms with van der Waals surface area (Å²) in [5.41, 5.74) is 2.33. The summed E-state index contributed by atoms with van der Waals surface area (Å²) in [6, 6.07) is 9.57. The maximum Gasteiger partial charge on any atom is 0.115 e. The zero-order valence-corrected chi connectivity index (χ0v) is 12.5. The van der Waals surface area contributed by atoms with E-state index < -0.39 is 0 Å².